The standard InChI is InChI=1S/C38H22N4/c1-2-10-30-29(9-1)33(27-19-25-15-13-23-7-5-17-39-35(23)37(25)41-21-27)31-11-3-4-12-32(31)34(30)28-20-26-16-14-24-8-6-18-40-36(24)38(26)42-22-28/h1-22H. The molecule has 0 atom stereocenters. The largest absolute Gasteiger partial charge is 0.254 e. The molecule has 42 heavy (non-hydrogen) atoms. The van der Waals surface area contributed by atoms with Crippen LogP contribution in [0.15, 0.2) is 134 Å². The van der Waals surface area contributed by atoms with Crippen LogP contribution in [-0.2, 0) is 0 Å². The smallest absolute Gasteiger partial charge is 0.0964 e. The second-order valence-electron chi connectivity index (χ2n) is 10.7. The Morgan fingerprint density at radius 2 is 0.714 bits per heavy atom. The second kappa shape index (κ2) is 8.88. The molecular weight excluding hydrogens is 512 g/mol. The third-order valence-corrected chi connectivity index (χ3v) is 8.35. The molecular formula is C38H22N4. The van der Waals surface area contributed by atoms with Gasteiger partial charge in [0.15, 0.2) is 0 Å². The van der Waals surface area contributed by atoms with Crippen LogP contribution in [0.3, 0.4) is 0 Å². The fourth-order valence-corrected chi connectivity index (χ4v) is 6.50. The van der Waals surface area contributed by atoms with E-state index in [0.717, 1.165) is 54.7 Å². The van der Waals surface area contributed by atoms with Crippen LogP contribution < -0.4 is 0 Å². The second-order valence-corrected chi connectivity index (χ2v) is 10.7. The molecule has 0 N–H and O–H groups in total. The van der Waals surface area contributed by atoms with Gasteiger partial charge in [0, 0.05) is 57.5 Å². The van der Waals surface area contributed by atoms with Gasteiger partial charge in [0.1, 0.15) is 0 Å². The summed E-state index contributed by atoms with van der Waals surface area (Å²) >= 11 is 0. The Balaban J connectivity index is 1.33. The summed E-state index contributed by atoms with van der Waals surface area (Å²) in [5.74, 6) is 0. The Labute approximate surface area is 241 Å². The maximum atomic E-state index is 4.96. The predicted octanol–water partition coefficient (Wildman–Crippen LogP) is 9.52. The normalized spacial score (nSPS) is 11.8. The zero-order valence-corrected chi connectivity index (χ0v) is 22.5. The highest BCUT2D eigenvalue weighted by atomic mass is 14.7. The topological polar surface area (TPSA) is 51.6 Å². The Morgan fingerprint density at radius 3 is 1.14 bits per heavy atom. The third-order valence-electron chi connectivity index (χ3n) is 8.35. The number of rotatable bonds is 2. The monoisotopic (exact) mass is 534 g/mol. The van der Waals surface area contributed by atoms with Gasteiger partial charge in [0.05, 0.1) is 22.1 Å². The van der Waals surface area contributed by atoms with Crippen LogP contribution in [0.25, 0.3) is 87.4 Å². The van der Waals surface area contributed by atoms with Gasteiger partial charge in [0.25, 0.3) is 0 Å². The zero-order chi connectivity index (χ0) is 27.6. The van der Waals surface area contributed by atoms with E-state index in [1.807, 2.05) is 36.9 Å². The Hall–Kier alpha value is -5.74. The van der Waals surface area contributed by atoms with E-state index in [-0.39, 0.29) is 0 Å². The first kappa shape index (κ1) is 23.0. The van der Waals surface area contributed by atoms with Crippen LogP contribution in [0.1, 0.15) is 0 Å². The van der Waals surface area contributed by atoms with E-state index in [2.05, 4.69) is 107 Å². The molecule has 0 unspecified atom stereocenters. The molecule has 0 aliphatic heterocycles. The maximum absolute atomic E-state index is 4.96. The van der Waals surface area contributed by atoms with Gasteiger partial charge in [0.2, 0.25) is 0 Å². The van der Waals surface area contributed by atoms with Crippen LogP contribution in [0.4, 0.5) is 0 Å². The summed E-state index contributed by atoms with van der Waals surface area (Å²) in [6.45, 7) is 0. The molecule has 0 aliphatic rings. The molecule has 4 aromatic heterocycles. The van der Waals surface area contributed by atoms with Crippen molar-refractivity contribution in [1.29, 1.82) is 0 Å². The number of benzene rings is 5. The molecule has 5 aromatic carbocycles. The van der Waals surface area contributed by atoms with Gasteiger partial charge < -0.3 is 0 Å². The molecule has 0 aliphatic carbocycles. The minimum atomic E-state index is 0.923. The van der Waals surface area contributed by atoms with Gasteiger partial charge in [-0.2, -0.15) is 0 Å². The lowest BCUT2D eigenvalue weighted by molar-refractivity contribution is 1.37. The van der Waals surface area contributed by atoms with E-state index in [0.29, 0.717) is 0 Å². The Bertz CT molecular complexity index is 2300. The maximum Gasteiger partial charge on any atom is 0.0964 e. The van der Waals surface area contributed by atoms with E-state index in [9.17, 15) is 0 Å². The Kier molecular flexibility index (Phi) is 4.87. The highest BCUT2D eigenvalue weighted by molar-refractivity contribution is 6.22. The molecule has 0 radical (unpaired) electrons. The van der Waals surface area contributed by atoms with Gasteiger partial charge in [-0.05, 0) is 56.9 Å². The van der Waals surface area contributed by atoms with Crippen LogP contribution in [-0.4, -0.2) is 19.9 Å². The summed E-state index contributed by atoms with van der Waals surface area (Å²) in [5.41, 5.74) is 8.25. The number of aromatic nitrogens is 4. The van der Waals surface area contributed by atoms with Crippen molar-refractivity contribution < 1.29 is 0 Å². The van der Waals surface area contributed by atoms with Crippen molar-refractivity contribution in [2.24, 2.45) is 0 Å². The number of nitrogens with zero attached hydrogens (tertiary/aromatic N) is 4. The minimum Gasteiger partial charge on any atom is -0.254 e. The van der Waals surface area contributed by atoms with Crippen molar-refractivity contribution in [3.05, 3.63) is 134 Å². The lowest BCUT2D eigenvalue weighted by Gasteiger charge is -2.18. The van der Waals surface area contributed by atoms with Gasteiger partial charge >= 0.3 is 0 Å². The first-order chi connectivity index (χ1) is 20.8. The summed E-state index contributed by atoms with van der Waals surface area (Å²) in [5, 5.41) is 9.10. The van der Waals surface area contributed by atoms with Crippen molar-refractivity contribution in [2.45, 2.75) is 0 Å². The average molecular weight is 535 g/mol. The predicted molar refractivity (Wildman–Crippen MR) is 174 cm³/mol. The lowest BCUT2D eigenvalue weighted by Crippen LogP contribution is -1.93. The number of fused-ring (bicyclic) bond motifs is 8. The molecule has 194 valence electrons. The highest BCUT2D eigenvalue weighted by Crippen LogP contribution is 2.44. The number of hydrogen-bond acceptors (Lipinski definition) is 4. The molecule has 4 nitrogen and oxygen atoms in total. The Morgan fingerprint density at radius 1 is 0.333 bits per heavy atom. The number of pyridine rings is 4. The molecule has 9 rings (SSSR count). The highest BCUT2D eigenvalue weighted by Gasteiger charge is 2.18. The first-order valence-electron chi connectivity index (χ1n) is 14.0. The SMILES string of the molecule is c1cnc2c(c1)ccc1cc(-c3c4ccccc4c(-c4cnc5c(ccc6cccnc65)c4)c4ccccc34)cnc12. The summed E-state index contributed by atoms with van der Waals surface area (Å²) in [7, 11) is 0. The van der Waals surface area contributed by atoms with Crippen LogP contribution >= 0.6 is 0 Å². The lowest BCUT2D eigenvalue weighted by atomic mass is 9.86. The van der Waals surface area contributed by atoms with Crippen LogP contribution in [0, 0.1) is 0 Å². The van der Waals surface area contributed by atoms with E-state index >= 15 is 0 Å². The molecule has 9 aromatic rings. The number of hydrogen-bond donors (Lipinski definition) is 0. The van der Waals surface area contributed by atoms with E-state index in [1.54, 1.807) is 0 Å². The van der Waals surface area contributed by atoms with E-state index < -0.39 is 0 Å². The zero-order valence-electron chi connectivity index (χ0n) is 22.5. The molecule has 0 fully saturated rings. The van der Waals surface area contributed by atoms with Gasteiger partial charge in [-0.15, -0.1) is 0 Å². The quantitative estimate of drug-likeness (QED) is 0.164. The molecule has 0 amide bonds. The fourth-order valence-electron chi connectivity index (χ4n) is 6.50. The van der Waals surface area contributed by atoms with Gasteiger partial charge in [-0.25, -0.2) is 0 Å². The van der Waals surface area contributed by atoms with Crippen molar-refractivity contribution >= 4 is 65.2 Å². The van der Waals surface area contributed by atoms with Crippen molar-refractivity contribution in [3.63, 3.8) is 0 Å². The van der Waals surface area contributed by atoms with Crippen LogP contribution in [0.2, 0.25) is 0 Å². The molecule has 0 spiro atoms. The average Bonchev–Trinajstić information content (AvgIpc) is 3.06. The summed E-state index contributed by atoms with van der Waals surface area (Å²) < 4.78 is 0. The molecule has 0 saturated carbocycles. The van der Waals surface area contributed by atoms with Gasteiger partial charge in [-0.3, -0.25) is 19.9 Å². The summed E-state index contributed by atoms with van der Waals surface area (Å²) in [4.78, 5) is 19.2. The molecule has 4 heteroatoms. The summed E-state index contributed by atoms with van der Waals surface area (Å²) in [6.07, 6.45) is 7.66. The molecule has 0 bridgehead atoms. The van der Waals surface area contributed by atoms with Crippen molar-refractivity contribution in [2.75, 3.05) is 0 Å². The van der Waals surface area contributed by atoms with Crippen molar-refractivity contribution in [1.82, 2.24) is 19.9 Å². The van der Waals surface area contributed by atoms with E-state index in [1.165, 1.54) is 32.7 Å². The summed E-state index contributed by atoms with van der Waals surface area (Å²) in [6, 6.07) is 38.5. The molecule has 0 saturated heterocycles. The fraction of sp³-hybridized carbons (Fsp3) is 0. The van der Waals surface area contributed by atoms with Gasteiger partial charge in [-0.1, -0.05) is 84.9 Å². The van der Waals surface area contributed by atoms with E-state index in [4.69, 9.17) is 9.97 Å². The van der Waals surface area contributed by atoms with Crippen molar-refractivity contribution in [3.8, 4) is 22.3 Å². The third kappa shape index (κ3) is 3.36. The van der Waals surface area contributed by atoms with Crippen LogP contribution in [0.5, 0.6) is 0 Å². The minimum absolute atomic E-state index is 0.923. The molecule has 4 heterocycles. The first-order valence-corrected chi connectivity index (χ1v) is 14.0.